The number of benzene rings is 4. The molecule has 0 unspecified atom stereocenters. The Morgan fingerprint density at radius 3 is 2.00 bits per heavy atom. The molecular weight excluding hydrogens is 336 g/mol. The zero-order valence-electron chi connectivity index (χ0n) is 17.5. The molecule has 0 amide bonds. The van der Waals surface area contributed by atoms with Crippen molar-refractivity contribution < 1.29 is 0 Å². The maximum Gasteiger partial charge on any atom is 0.0158 e. The first-order valence-electron chi connectivity index (χ1n) is 10.3. The van der Waals surface area contributed by atoms with Gasteiger partial charge in [-0.15, -0.1) is 0 Å². The molecule has 0 atom stereocenters. The van der Waals surface area contributed by atoms with Crippen molar-refractivity contribution in [1.29, 1.82) is 0 Å². The van der Waals surface area contributed by atoms with Gasteiger partial charge in [-0.25, -0.2) is 0 Å². The maximum atomic E-state index is 2.37. The van der Waals surface area contributed by atoms with Crippen LogP contribution in [0.4, 0.5) is 0 Å². The Morgan fingerprint density at radius 1 is 0.571 bits per heavy atom. The van der Waals surface area contributed by atoms with E-state index in [9.17, 15) is 0 Å². The van der Waals surface area contributed by atoms with Crippen LogP contribution in [0.1, 0.15) is 44.4 Å². The first-order valence-corrected chi connectivity index (χ1v) is 10.3. The van der Waals surface area contributed by atoms with E-state index in [1.165, 1.54) is 49.7 Å². The highest BCUT2D eigenvalue weighted by Crippen LogP contribution is 2.49. The molecule has 28 heavy (non-hydrogen) atoms. The normalized spacial score (nSPS) is 13.5. The molecule has 0 aromatic heterocycles. The van der Waals surface area contributed by atoms with Gasteiger partial charge in [0.1, 0.15) is 0 Å². The molecule has 1 aliphatic carbocycles. The monoisotopic (exact) mass is 364 g/mol. The van der Waals surface area contributed by atoms with Crippen molar-refractivity contribution in [3.05, 3.63) is 95.6 Å². The average Bonchev–Trinajstić information content (AvgIpc) is 2.96. The highest BCUT2D eigenvalue weighted by molar-refractivity contribution is 5.90. The van der Waals surface area contributed by atoms with Crippen molar-refractivity contribution in [3.63, 3.8) is 0 Å². The van der Waals surface area contributed by atoms with Crippen molar-refractivity contribution in [1.82, 2.24) is 0 Å². The Hall–Kier alpha value is -2.86. The Labute approximate surface area is 168 Å². The third-order valence-corrected chi connectivity index (χ3v) is 5.91. The maximum absolute atomic E-state index is 2.37. The van der Waals surface area contributed by atoms with Crippen LogP contribution in [0.3, 0.4) is 0 Å². The molecular formula is C28H28. The Morgan fingerprint density at radius 2 is 1.18 bits per heavy atom. The highest BCUT2D eigenvalue weighted by Gasteiger charge is 2.34. The fourth-order valence-electron chi connectivity index (χ4n) is 4.44. The number of hydrogen-bond donors (Lipinski definition) is 0. The summed E-state index contributed by atoms with van der Waals surface area (Å²) in [5, 5.41) is 2.61. The zero-order chi connectivity index (χ0) is 19.9. The van der Waals surface area contributed by atoms with Crippen molar-refractivity contribution >= 4 is 10.8 Å². The van der Waals surface area contributed by atoms with Gasteiger partial charge >= 0.3 is 0 Å². The van der Waals surface area contributed by atoms with Crippen LogP contribution in [0, 0.1) is 6.92 Å². The minimum Gasteiger partial charge on any atom is -0.0683 e. The number of rotatable bonds is 1. The second-order valence-electron chi connectivity index (χ2n) is 8.00. The summed E-state index contributed by atoms with van der Waals surface area (Å²) in [7, 11) is 0. The predicted octanol–water partition coefficient (Wildman–Crippen LogP) is 8.15. The van der Waals surface area contributed by atoms with Crippen LogP contribution in [0.15, 0.2) is 78.9 Å². The third kappa shape index (κ3) is 2.85. The van der Waals surface area contributed by atoms with Gasteiger partial charge in [0.25, 0.3) is 0 Å². The number of fused-ring (bicyclic) bond motifs is 4. The van der Waals surface area contributed by atoms with Gasteiger partial charge in [-0.1, -0.05) is 100.0 Å². The SMILES string of the molecule is CC.Cc1ccc2cc(-c3ccc4c(c3)-c3ccccc3C4(C)C)ccc2c1. The van der Waals surface area contributed by atoms with Gasteiger partial charge in [0, 0.05) is 5.41 Å². The summed E-state index contributed by atoms with van der Waals surface area (Å²) in [5.41, 5.74) is 9.58. The Bertz CT molecular complexity index is 1160. The molecule has 4 aromatic carbocycles. The Balaban J connectivity index is 0.000000932. The number of hydrogen-bond acceptors (Lipinski definition) is 0. The fraction of sp³-hybridized carbons (Fsp3) is 0.214. The summed E-state index contributed by atoms with van der Waals surface area (Å²) in [6.45, 7) is 10.8. The second-order valence-corrected chi connectivity index (χ2v) is 8.00. The zero-order valence-corrected chi connectivity index (χ0v) is 17.5. The summed E-state index contributed by atoms with van der Waals surface area (Å²) in [4.78, 5) is 0. The molecule has 0 heteroatoms. The molecule has 5 rings (SSSR count). The van der Waals surface area contributed by atoms with E-state index in [4.69, 9.17) is 0 Å². The average molecular weight is 365 g/mol. The lowest BCUT2D eigenvalue weighted by molar-refractivity contribution is 0.660. The molecule has 140 valence electrons. The summed E-state index contributed by atoms with van der Waals surface area (Å²) >= 11 is 0. The van der Waals surface area contributed by atoms with Gasteiger partial charge in [-0.2, -0.15) is 0 Å². The van der Waals surface area contributed by atoms with E-state index in [2.05, 4.69) is 99.6 Å². The van der Waals surface area contributed by atoms with Crippen molar-refractivity contribution in [2.45, 2.75) is 40.0 Å². The van der Waals surface area contributed by atoms with Crippen LogP contribution in [0.5, 0.6) is 0 Å². The van der Waals surface area contributed by atoms with Gasteiger partial charge in [0.15, 0.2) is 0 Å². The number of aryl methyl sites for hydroxylation is 1. The molecule has 0 bridgehead atoms. The van der Waals surface area contributed by atoms with Crippen LogP contribution < -0.4 is 0 Å². The van der Waals surface area contributed by atoms with Gasteiger partial charge in [-0.3, -0.25) is 0 Å². The topological polar surface area (TPSA) is 0 Å². The second kappa shape index (κ2) is 6.95. The van der Waals surface area contributed by atoms with Crippen LogP contribution in [-0.2, 0) is 5.41 Å². The van der Waals surface area contributed by atoms with E-state index in [-0.39, 0.29) is 5.41 Å². The van der Waals surface area contributed by atoms with E-state index in [0.29, 0.717) is 0 Å². The first-order chi connectivity index (χ1) is 13.5. The van der Waals surface area contributed by atoms with Crippen LogP contribution in [-0.4, -0.2) is 0 Å². The van der Waals surface area contributed by atoms with Crippen molar-refractivity contribution in [3.8, 4) is 22.3 Å². The molecule has 0 spiro atoms. The summed E-state index contributed by atoms with van der Waals surface area (Å²) in [6.07, 6.45) is 0. The highest BCUT2D eigenvalue weighted by atomic mass is 14.4. The quantitative estimate of drug-likeness (QED) is 0.320. The van der Waals surface area contributed by atoms with Crippen LogP contribution in [0.2, 0.25) is 0 Å². The molecule has 0 nitrogen and oxygen atoms in total. The molecule has 0 aliphatic heterocycles. The smallest absolute Gasteiger partial charge is 0.0158 e. The molecule has 0 heterocycles. The predicted molar refractivity (Wildman–Crippen MR) is 123 cm³/mol. The molecule has 0 saturated heterocycles. The standard InChI is InChI=1S/C26H22.C2H6/c1-17-8-9-19-15-20(11-10-18(19)14-17)21-12-13-25-23(16-21)22-6-4-5-7-24(22)26(25,2)3;1-2/h4-16H,1-3H3;1-2H3. The lowest BCUT2D eigenvalue weighted by Gasteiger charge is -2.21. The van der Waals surface area contributed by atoms with E-state index >= 15 is 0 Å². The molecule has 0 radical (unpaired) electrons. The fourth-order valence-corrected chi connectivity index (χ4v) is 4.44. The molecule has 0 N–H and O–H groups in total. The third-order valence-electron chi connectivity index (χ3n) is 5.91. The molecule has 0 saturated carbocycles. The van der Waals surface area contributed by atoms with Gasteiger partial charge in [0.05, 0.1) is 0 Å². The van der Waals surface area contributed by atoms with Crippen LogP contribution in [0.25, 0.3) is 33.0 Å². The minimum absolute atomic E-state index is 0.0748. The van der Waals surface area contributed by atoms with E-state index in [0.717, 1.165) is 0 Å². The summed E-state index contributed by atoms with van der Waals surface area (Å²) in [6, 6.07) is 29.3. The first kappa shape index (κ1) is 18.5. The lowest BCUT2D eigenvalue weighted by Crippen LogP contribution is -2.14. The van der Waals surface area contributed by atoms with E-state index in [1.54, 1.807) is 0 Å². The molecule has 1 aliphatic rings. The largest absolute Gasteiger partial charge is 0.0683 e. The van der Waals surface area contributed by atoms with Crippen LogP contribution >= 0.6 is 0 Å². The van der Waals surface area contributed by atoms with Crippen molar-refractivity contribution in [2.24, 2.45) is 0 Å². The minimum atomic E-state index is 0.0748. The molecule has 0 fully saturated rings. The lowest BCUT2D eigenvalue weighted by atomic mass is 9.82. The van der Waals surface area contributed by atoms with E-state index in [1.807, 2.05) is 13.8 Å². The van der Waals surface area contributed by atoms with Gasteiger partial charge in [-0.05, 0) is 63.2 Å². The Kier molecular flexibility index (Phi) is 4.59. The summed E-state index contributed by atoms with van der Waals surface area (Å²) in [5.74, 6) is 0. The van der Waals surface area contributed by atoms with Gasteiger partial charge in [0.2, 0.25) is 0 Å². The molecule has 4 aromatic rings. The van der Waals surface area contributed by atoms with E-state index < -0.39 is 0 Å². The van der Waals surface area contributed by atoms with Gasteiger partial charge < -0.3 is 0 Å². The summed E-state index contributed by atoms with van der Waals surface area (Å²) < 4.78 is 0. The van der Waals surface area contributed by atoms with Crippen molar-refractivity contribution in [2.75, 3.05) is 0 Å².